The van der Waals surface area contributed by atoms with Gasteiger partial charge >= 0.3 is 6.03 Å². The number of carbonyl (C=O) groups excluding carboxylic acids is 1. The van der Waals surface area contributed by atoms with Crippen LogP contribution in [0.15, 0.2) is 60.7 Å². The van der Waals surface area contributed by atoms with Crippen molar-refractivity contribution < 1.29 is 4.79 Å². The highest BCUT2D eigenvalue weighted by molar-refractivity contribution is 5.75. The summed E-state index contributed by atoms with van der Waals surface area (Å²) in [6.07, 6.45) is 1.10. The quantitative estimate of drug-likeness (QED) is 0.893. The maximum atomic E-state index is 12.6. The minimum absolute atomic E-state index is 0.0297. The molecule has 0 heterocycles. The van der Waals surface area contributed by atoms with Gasteiger partial charge in [-0.15, -0.1) is 0 Å². The molecule has 2 atom stereocenters. The van der Waals surface area contributed by atoms with Gasteiger partial charge in [0.2, 0.25) is 0 Å². The first-order chi connectivity index (χ1) is 10.7. The van der Waals surface area contributed by atoms with Gasteiger partial charge in [-0.1, -0.05) is 67.6 Å². The molecule has 0 radical (unpaired) electrons. The van der Waals surface area contributed by atoms with Gasteiger partial charge in [-0.3, -0.25) is 0 Å². The third-order valence-electron chi connectivity index (χ3n) is 4.21. The van der Waals surface area contributed by atoms with E-state index < -0.39 is 0 Å². The molecule has 1 aliphatic carbocycles. The van der Waals surface area contributed by atoms with E-state index in [0.717, 1.165) is 12.0 Å². The molecule has 114 valence electrons. The van der Waals surface area contributed by atoms with E-state index in [1.54, 1.807) is 0 Å². The molecule has 0 saturated heterocycles. The van der Waals surface area contributed by atoms with Crippen molar-refractivity contribution >= 4 is 6.03 Å². The summed E-state index contributed by atoms with van der Waals surface area (Å²) in [5, 5.41) is 3.05. The Bertz CT molecular complexity index is 612. The molecule has 0 spiro atoms. The topological polar surface area (TPSA) is 32.3 Å². The van der Waals surface area contributed by atoms with Crippen molar-refractivity contribution in [2.75, 3.05) is 0 Å². The van der Waals surface area contributed by atoms with Crippen LogP contribution in [-0.2, 0) is 13.1 Å². The largest absolute Gasteiger partial charge is 0.334 e. The lowest BCUT2D eigenvalue weighted by molar-refractivity contribution is 0.189. The Morgan fingerprint density at radius 1 is 1.05 bits per heavy atom. The Kier molecular flexibility index (Phi) is 4.42. The second-order valence-corrected chi connectivity index (χ2v) is 6.04. The number of hydrogen-bond donors (Lipinski definition) is 1. The molecule has 1 saturated carbocycles. The Morgan fingerprint density at radius 3 is 2.14 bits per heavy atom. The van der Waals surface area contributed by atoms with Gasteiger partial charge in [0.05, 0.1) is 0 Å². The Labute approximate surface area is 132 Å². The van der Waals surface area contributed by atoms with E-state index in [0.29, 0.717) is 25.0 Å². The molecule has 0 bridgehead atoms. The molecule has 0 aliphatic heterocycles. The predicted octanol–water partition coefficient (Wildman–Crippen LogP) is 3.81. The van der Waals surface area contributed by atoms with Crippen LogP contribution in [0.1, 0.15) is 24.5 Å². The van der Waals surface area contributed by atoms with Crippen molar-refractivity contribution in [1.82, 2.24) is 10.2 Å². The summed E-state index contributed by atoms with van der Waals surface area (Å²) in [5.41, 5.74) is 2.30. The highest BCUT2D eigenvalue weighted by Crippen LogP contribution is 2.35. The number of urea groups is 1. The number of nitrogens with zero attached hydrogens (tertiary/aromatic N) is 1. The maximum absolute atomic E-state index is 12.6. The normalized spacial score (nSPS) is 19.5. The monoisotopic (exact) mass is 294 g/mol. The van der Waals surface area contributed by atoms with Gasteiger partial charge in [-0.2, -0.15) is 0 Å². The second-order valence-electron chi connectivity index (χ2n) is 6.04. The predicted molar refractivity (Wildman–Crippen MR) is 88.2 cm³/mol. The Morgan fingerprint density at radius 2 is 1.59 bits per heavy atom. The molecule has 0 aromatic heterocycles. The van der Waals surface area contributed by atoms with Crippen LogP contribution in [0.2, 0.25) is 0 Å². The fourth-order valence-electron chi connectivity index (χ4n) is 2.73. The number of carbonyl (C=O) groups is 1. The number of amides is 2. The van der Waals surface area contributed by atoms with Crippen LogP contribution in [0.5, 0.6) is 0 Å². The summed E-state index contributed by atoms with van der Waals surface area (Å²) >= 11 is 0. The third kappa shape index (κ3) is 3.67. The lowest BCUT2D eigenvalue weighted by Gasteiger charge is -2.23. The molecular weight excluding hydrogens is 272 g/mol. The van der Waals surface area contributed by atoms with Crippen LogP contribution in [0, 0.1) is 5.92 Å². The van der Waals surface area contributed by atoms with Gasteiger partial charge in [0, 0.05) is 19.1 Å². The smallest absolute Gasteiger partial charge is 0.318 e. The lowest BCUT2D eigenvalue weighted by atomic mass is 10.2. The Hall–Kier alpha value is -2.29. The van der Waals surface area contributed by atoms with E-state index in [9.17, 15) is 4.79 Å². The van der Waals surface area contributed by atoms with E-state index in [4.69, 9.17) is 0 Å². The average molecular weight is 294 g/mol. The van der Waals surface area contributed by atoms with Crippen LogP contribution < -0.4 is 5.32 Å². The van der Waals surface area contributed by atoms with Crippen LogP contribution in [0.3, 0.4) is 0 Å². The van der Waals surface area contributed by atoms with Gasteiger partial charge in [0.15, 0.2) is 0 Å². The van der Waals surface area contributed by atoms with Gasteiger partial charge in [-0.25, -0.2) is 4.79 Å². The Balaban J connectivity index is 1.63. The van der Waals surface area contributed by atoms with E-state index in [1.807, 2.05) is 53.4 Å². The van der Waals surface area contributed by atoms with Crippen LogP contribution in [0.25, 0.3) is 0 Å². The van der Waals surface area contributed by atoms with Crippen LogP contribution >= 0.6 is 0 Å². The van der Waals surface area contributed by atoms with Crippen molar-refractivity contribution in [2.24, 2.45) is 5.92 Å². The zero-order valence-corrected chi connectivity index (χ0v) is 12.9. The molecule has 1 aliphatic rings. The summed E-state index contributed by atoms with van der Waals surface area (Å²) in [6.45, 7) is 3.45. The highest BCUT2D eigenvalue weighted by atomic mass is 16.2. The number of rotatable bonds is 5. The first-order valence-corrected chi connectivity index (χ1v) is 7.86. The van der Waals surface area contributed by atoms with Crippen molar-refractivity contribution in [3.8, 4) is 0 Å². The van der Waals surface area contributed by atoms with E-state index in [2.05, 4.69) is 24.4 Å². The lowest BCUT2D eigenvalue weighted by Crippen LogP contribution is -2.41. The molecule has 1 fully saturated rings. The standard InChI is InChI=1S/C19H22N2O/c1-15-12-18(15)21(14-17-10-6-3-7-11-17)19(22)20-13-16-8-4-2-5-9-16/h2-11,15,18H,12-14H2,1H3,(H,20,22)/t15-,18-/m0/s1. The summed E-state index contributed by atoms with van der Waals surface area (Å²) in [7, 11) is 0. The fourth-order valence-corrected chi connectivity index (χ4v) is 2.73. The molecule has 22 heavy (non-hydrogen) atoms. The summed E-state index contributed by atoms with van der Waals surface area (Å²) < 4.78 is 0. The van der Waals surface area contributed by atoms with Crippen molar-refractivity contribution in [1.29, 1.82) is 0 Å². The zero-order valence-electron chi connectivity index (χ0n) is 12.9. The molecule has 2 aromatic rings. The first kappa shape index (κ1) is 14.6. The summed E-state index contributed by atoms with van der Waals surface area (Å²) in [6, 6.07) is 20.6. The SMILES string of the molecule is C[C@H]1C[C@@H]1N(Cc1ccccc1)C(=O)NCc1ccccc1. The van der Waals surface area contributed by atoms with Crippen molar-refractivity contribution in [2.45, 2.75) is 32.5 Å². The molecular formula is C19H22N2O. The molecule has 3 nitrogen and oxygen atoms in total. The third-order valence-corrected chi connectivity index (χ3v) is 4.21. The molecule has 1 N–H and O–H groups in total. The van der Waals surface area contributed by atoms with E-state index in [-0.39, 0.29) is 6.03 Å². The summed E-state index contributed by atoms with van der Waals surface area (Å²) in [5.74, 6) is 0.603. The summed E-state index contributed by atoms with van der Waals surface area (Å²) in [4.78, 5) is 14.5. The second kappa shape index (κ2) is 6.65. The van der Waals surface area contributed by atoms with Crippen molar-refractivity contribution in [3.63, 3.8) is 0 Å². The number of benzene rings is 2. The fraction of sp³-hybridized carbons (Fsp3) is 0.316. The minimum Gasteiger partial charge on any atom is -0.334 e. The molecule has 2 amide bonds. The van der Waals surface area contributed by atoms with Gasteiger partial charge in [0.25, 0.3) is 0 Å². The number of nitrogens with one attached hydrogen (secondary N) is 1. The number of hydrogen-bond acceptors (Lipinski definition) is 1. The van der Waals surface area contributed by atoms with E-state index in [1.165, 1.54) is 5.56 Å². The molecule has 3 rings (SSSR count). The molecule has 2 aromatic carbocycles. The van der Waals surface area contributed by atoms with E-state index >= 15 is 0 Å². The van der Waals surface area contributed by atoms with Crippen LogP contribution in [-0.4, -0.2) is 17.0 Å². The van der Waals surface area contributed by atoms with Crippen LogP contribution in [0.4, 0.5) is 4.79 Å². The minimum atomic E-state index is 0.0297. The zero-order chi connectivity index (χ0) is 15.4. The molecule has 3 heteroatoms. The van der Waals surface area contributed by atoms with Crippen molar-refractivity contribution in [3.05, 3.63) is 71.8 Å². The maximum Gasteiger partial charge on any atom is 0.318 e. The molecule has 0 unspecified atom stereocenters. The van der Waals surface area contributed by atoms with Gasteiger partial charge < -0.3 is 10.2 Å². The first-order valence-electron chi connectivity index (χ1n) is 7.86. The average Bonchev–Trinajstić information content (AvgIpc) is 3.29. The van der Waals surface area contributed by atoms with Gasteiger partial charge in [-0.05, 0) is 23.5 Å². The van der Waals surface area contributed by atoms with Gasteiger partial charge in [0.1, 0.15) is 0 Å². The highest BCUT2D eigenvalue weighted by Gasteiger charge is 2.40.